The van der Waals surface area contributed by atoms with Gasteiger partial charge >= 0.3 is 0 Å². The summed E-state index contributed by atoms with van der Waals surface area (Å²) >= 11 is 0. The van der Waals surface area contributed by atoms with E-state index in [4.69, 9.17) is 9.84 Å². The second kappa shape index (κ2) is 10.9. The van der Waals surface area contributed by atoms with E-state index < -0.39 is 17.4 Å². The van der Waals surface area contributed by atoms with Gasteiger partial charge in [0.2, 0.25) is 0 Å². The summed E-state index contributed by atoms with van der Waals surface area (Å²) in [5, 5.41) is 28.9. The van der Waals surface area contributed by atoms with Gasteiger partial charge in [0.15, 0.2) is 11.4 Å². The number of aromatic nitrogens is 4. The van der Waals surface area contributed by atoms with Gasteiger partial charge in [-0.1, -0.05) is 30.4 Å². The van der Waals surface area contributed by atoms with Gasteiger partial charge in [0, 0.05) is 55.7 Å². The Morgan fingerprint density at radius 3 is 2.81 bits per heavy atom. The molecule has 0 saturated heterocycles. The normalized spacial score (nSPS) is 17.8. The van der Waals surface area contributed by atoms with Crippen LogP contribution in [0.25, 0.3) is 5.69 Å². The number of pyridine rings is 1. The van der Waals surface area contributed by atoms with Crippen LogP contribution in [0.1, 0.15) is 24.6 Å². The van der Waals surface area contributed by atoms with Crippen molar-refractivity contribution in [1.29, 1.82) is 0 Å². The van der Waals surface area contributed by atoms with Gasteiger partial charge in [0.25, 0.3) is 11.5 Å². The molecule has 10 nitrogen and oxygen atoms in total. The molecule has 0 spiro atoms. The minimum absolute atomic E-state index is 0.0151. The van der Waals surface area contributed by atoms with Gasteiger partial charge in [0.1, 0.15) is 0 Å². The number of benzene rings is 1. The number of hydrogen-bond acceptors (Lipinski definition) is 7. The van der Waals surface area contributed by atoms with Crippen LogP contribution in [0.5, 0.6) is 5.75 Å². The van der Waals surface area contributed by atoms with Gasteiger partial charge in [0.05, 0.1) is 18.5 Å². The molecule has 1 aliphatic heterocycles. The number of anilines is 1. The zero-order chi connectivity index (χ0) is 26.6. The number of aryl methyl sites for hydroxylation is 1. The van der Waals surface area contributed by atoms with Crippen LogP contribution in [0.4, 0.5) is 5.69 Å². The Labute approximate surface area is 214 Å². The molecule has 4 rings (SSSR count). The highest BCUT2D eigenvalue weighted by Gasteiger charge is 2.52. The number of fused-ring (bicyclic) bond motifs is 1. The minimum Gasteiger partial charge on any atom is -0.491 e. The van der Waals surface area contributed by atoms with Crippen molar-refractivity contribution in [2.24, 2.45) is 5.92 Å². The lowest BCUT2D eigenvalue weighted by Gasteiger charge is -2.27. The van der Waals surface area contributed by atoms with Crippen molar-refractivity contribution in [2.45, 2.75) is 31.9 Å². The van der Waals surface area contributed by atoms with Gasteiger partial charge in [-0.05, 0) is 36.8 Å². The molecule has 0 bridgehead atoms. The second-order valence-corrected chi connectivity index (χ2v) is 8.88. The molecule has 2 atom stereocenters. The van der Waals surface area contributed by atoms with Crippen molar-refractivity contribution < 1.29 is 19.7 Å². The van der Waals surface area contributed by atoms with E-state index in [0.29, 0.717) is 36.3 Å². The molecule has 1 aromatic carbocycles. The van der Waals surface area contributed by atoms with Crippen molar-refractivity contribution in [3.63, 3.8) is 0 Å². The third-order valence-electron chi connectivity index (χ3n) is 6.54. The van der Waals surface area contributed by atoms with Crippen LogP contribution >= 0.6 is 0 Å². The summed E-state index contributed by atoms with van der Waals surface area (Å²) in [6.45, 7) is 6.36. The van der Waals surface area contributed by atoms with Crippen molar-refractivity contribution in [1.82, 2.24) is 19.6 Å². The Hall–Kier alpha value is -4.02. The first-order chi connectivity index (χ1) is 17.8. The minimum atomic E-state index is -1.82. The van der Waals surface area contributed by atoms with Crippen LogP contribution in [0.3, 0.4) is 0 Å². The van der Waals surface area contributed by atoms with Crippen molar-refractivity contribution in [3.05, 3.63) is 89.1 Å². The number of aliphatic hydroxyl groups excluding tert-OH is 1. The Kier molecular flexibility index (Phi) is 7.70. The van der Waals surface area contributed by atoms with E-state index >= 15 is 0 Å². The van der Waals surface area contributed by atoms with Gasteiger partial charge in [-0.15, -0.1) is 11.7 Å². The summed E-state index contributed by atoms with van der Waals surface area (Å²) in [4.78, 5) is 27.8. The van der Waals surface area contributed by atoms with Crippen LogP contribution in [0, 0.1) is 5.92 Å². The first kappa shape index (κ1) is 26.1. The summed E-state index contributed by atoms with van der Waals surface area (Å²) in [5.41, 5.74) is 0.0597. The van der Waals surface area contributed by atoms with E-state index in [9.17, 15) is 14.7 Å². The largest absolute Gasteiger partial charge is 0.491 e. The molecule has 37 heavy (non-hydrogen) atoms. The number of aliphatic hydroxyl groups is 2. The molecular formula is C27H31N5O5. The molecule has 0 saturated carbocycles. The first-order valence-corrected chi connectivity index (χ1v) is 12.1. The smallest absolute Gasteiger partial charge is 0.297 e. The lowest BCUT2D eigenvalue weighted by molar-refractivity contribution is -0.139. The topological polar surface area (TPSA) is 123 Å². The number of nitrogens with zero attached hydrogens (tertiary/aromatic N) is 5. The zero-order valence-electron chi connectivity index (χ0n) is 20.9. The van der Waals surface area contributed by atoms with E-state index in [1.807, 2.05) is 12.2 Å². The molecule has 10 heteroatoms. The first-order valence-electron chi connectivity index (χ1n) is 12.1. The molecule has 3 heterocycles. The maximum absolute atomic E-state index is 13.5. The van der Waals surface area contributed by atoms with E-state index in [1.165, 1.54) is 16.6 Å². The molecule has 1 amide bonds. The Balaban J connectivity index is 1.63. The molecular weight excluding hydrogens is 474 g/mol. The average Bonchev–Trinajstić information content (AvgIpc) is 3.43. The number of carbonyl (C=O) groups excluding carboxylic acids is 1. The molecule has 0 aliphatic carbocycles. The number of rotatable bonds is 11. The Bertz CT molecular complexity index is 1380. The number of allylic oxidation sites excluding steroid dienone is 1. The third-order valence-corrected chi connectivity index (χ3v) is 6.54. The summed E-state index contributed by atoms with van der Waals surface area (Å²) in [7, 11) is 1.43. The fraction of sp³-hybridized carbons (Fsp3) is 0.333. The van der Waals surface area contributed by atoms with Gasteiger partial charge in [-0.3, -0.25) is 18.8 Å². The van der Waals surface area contributed by atoms with Gasteiger partial charge < -0.3 is 19.8 Å². The number of methoxy groups -OCH3 is 1. The molecule has 3 aromatic rings. The van der Waals surface area contributed by atoms with Gasteiger partial charge in [-0.25, -0.2) is 0 Å². The second-order valence-electron chi connectivity index (χ2n) is 8.88. The number of hydrogen-bond donors (Lipinski definition) is 2. The van der Waals surface area contributed by atoms with Gasteiger partial charge in [-0.2, -0.15) is 0 Å². The third kappa shape index (κ3) is 4.85. The maximum atomic E-state index is 13.5. The lowest BCUT2D eigenvalue weighted by Crippen LogP contribution is -2.44. The van der Waals surface area contributed by atoms with E-state index in [-0.39, 0.29) is 24.5 Å². The fourth-order valence-electron chi connectivity index (χ4n) is 4.55. The number of amides is 1. The summed E-state index contributed by atoms with van der Waals surface area (Å²) in [6.07, 6.45) is 9.78. The predicted octanol–water partition coefficient (Wildman–Crippen LogP) is 1.98. The average molecular weight is 506 g/mol. The van der Waals surface area contributed by atoms with Crippen LogP contribution in [0.15, 0.2) is 72.3 Å². The summed E-state index contributed by atoms with van der Waals surface area (Å²) in [6, 6.07) is 8.43. The van der Waals surface area contributed by atoms with Crippen LogP contribution < -0.4 is 15.2 Å². The standard InChI is InChI=1S/C27H31N5O5/c1-4-13-32-23-11-10-21(31-15-7-9-24(37-3)25(31)34)17-22(23)27(36,26(32)35)19(2)8-5-6-14-30-18-20(12-16-33)28-29-30/h4-5,7-11,15,17-19,33,36H,1,6,12-14,16H2,2-3H3/b8-5+/t19-,27+/m1/s1. The zero-order valence-corrected chi connectivity index (χ0v) is 20.9. The quantitative estimate of drug-likeness (QED) is 0.382. The predicted molar refractivity (Wildman–Crippen MR) is 139 cm³/mol. The summed E-state index contributed by atoms with van der Waals surface area (Å²) < 4.78 is 8.27. The van der Waals surface area contributed by atoms with Crippen LogP contribution in [-0.2, 0) is 23.4 Å². The van der Waals surface area contributed by atoms with Crippen molar-refractivity contribution in [3.8, 4) is 11.4 Å². The SMILES string of the molecule is C=CCN1C(=O)[C@](O)([C@H](C)/C=C/CCn2cc(CCO)nn2)c2cc(-n3cccc(OC)c3=O)ccc21. The van der Waals surface area contributed by atoms with Crippen LogP contribution in [-0.4, -0.2) is 55.9 Å². The van der Waals surface area contributed by atoms with E-state index in [2.05, 4.69) is 16.9 Å². The molecule has 2 aromatic heterocycles. The Morgan fingerprint density at radius 2 is 2.08 bits per heavy atom. The number of carbonyl (C=O) groups is 1. The summed E-state index contributed by atoms with van der Waals surface area (Å²) in [5.74, 6) is -0.819. The number of ether oxygens (including phenoxy) is 1. The highest BCUT2D eigenvalue weighted by molar-refractivity contribution is 6.07. The Morgan fingerprint density at radius 1 is 1.27 bits per heavy atom. The highest BCUT2D eigenvalue weighted by atomic mass is 16.5. The van der Waals surface area contributed by atoms with Crippen molar-refractivity contribution >= 4 is 11.6 Å². The lowest BCUT2D eigenvalue weighted by atomic mass is 9.82. The molecule has 2 N–H and O–H groups in total. The molecule has 0 fully saturated rings. The van der Waals surface area contributed by atoms with Crippen LogP contribution in [0.2, 0.25) is 0 Å². The molecule has 0 radical (unpaired) electrons. The van der Waals surface area contributed by atoms with E-state index in [1.54, 1.807) is 60.4 Å². The highest BCUT2D eigenvalue weighted by Crippen LogP contribution is 2.45. The molecule has 194 valence electrons. The van der Waals surface area contributed by atoms with E-state index in [0.717, 1.165) is 5.69 Å². The molecule has 1 aliphatic rings. The monoisotopic (exact) mass is 505 g/mol. The molecule has 0 unspecified atom stereocenters. The fourth-order valence-corrected chi connectivity index (χ4v) is 4.55. The van der Waals surface area contributed by atoms with Crippen molar-refractivity contribution in [2.75, 3.05) is 25.2 Å². The maximum Gasteiger partial charge on any atom is 0.297 e.